The van der Waals surface area contributed by atoms with Gasteiger partial charge in [-0.2, -0.15) is 0 Å². The Morgan fingerprint density at radius 1 is 1.41 bits per heavy atom. The highest BCUT2D eigenvalue weighted by molar-refractivity contribution is 7.09. The summed E-state index contributed by atoms with van der Waals surface area (Å²) in [5, 5.41) is 6.61. The molecule has 0 aromatic carbocycles. The van der Waals surface area contributed by atoms with Gasteiger partial charge in [0.25, 0.3) is 0 Å². The van der Waals surface area contributed by atoms with Crippen LogP contribution in [0.5, 0.6) is 0 Å². The fraction of sp³-hybridized carbons (Fsp3) is 0.750. The summed E-state index contributed by atoms with van der Waals surface area (Å²) in [6, 6.07) is -0.186. The van der Waals surface area contributed by atoms with Gasteiger partial charge in [-0.15, -0.1) is 11.3 Å². The highest BCUT2D eigenvalue weighted by atomic mass is 32.1. The second-order valence-electron chi connectivity index (χ2n) is 8.62. The minimum absolute atomic E-state index is 0.142. The maximum atomic E-state index is 12.9. The minimum Gasteiger partial charge on any atom is -0.444 e. The van der Waals surface area contributed by atoms with Crippen LogP contribution < -0.4 is 10.6 Å². The lowest BCUT2D eigenvalue weighted by atomic mass is 10.1. The molecule has 0 bridgehead atoms. The number of nitrogens with zero attached hydrogens (tertiary/aromatic N) is 3. The Morgan fingerprint density at radius 2 is 2.10 bits per heavy atom. The Kier molecular flexibility index (Phi) is 7.50. The van der Waals surface area contributed by atoms with Gasteiger partial charge in [-0.3, -0.25) is 4.90 Å². The average Bonchev–Trinajstić information content (AvgIpc) is 3.07. The molecule has 1 aromatic rings. The Labute approximate surface area is 178 Å². The zero-order chi connectivity index (χ0) is 21.8. The van der Waals surface area contributed by atoms with Crippen molar-refractivity contribution < 1.29 is 14.3 Å². The van der Waals surface area contributed by atoms with Gasteiger partial charge in [0.2, 0.25) is 0 Å². The third kappa shape index (κ3) is 6.30. The van der Waals surface area contributed by atoms with Crippen molar-refractivity contribution in [2.75, 3.05) is 13.1 Å². The van der Waals surface area contributed by atoms with Gasteiger partial charge in [0.05, 0.1) is 29.9 Å². The van der Waals surface area contributed by atoms with Crippen LogP contribution in [0.25, 0.3) is 0 Å². The van der Waals surface area contributed by atoms with Gasteiger partial charge in [0.1, 0.15) is 11.3 Å². The number of hydrogen-bond donors (Lipinski definition) is 2. The first-order chi connectivity index (χ1) is 13.4. The van der Waals surface area contributed by atoms with Crippen LogP contribution in [-0.2, 0) is 16.0 Å². The van der Waals surface area contributed by atoms with Crippen molar-refractivity contribution in [1.82, 2.24) is 20.5 Å². The molecule has 1 amide bonds. The topological polar surface area (TPSA) is 88.1 Å². The normalized spacial score (nSPS) is 21.9. The van der Waals surface area contributed by atoms with Crippen LogP contribution >= 0.6 is 11.3 Å². The van der Waals surface area contributed by atoms with Crippen LogP contribution in [-0.4, -0.2) is 58.5 Å². The number of nitrogens with one attached hydrogen (secondary N) is 2. The van der Waals surface area contributed by atoms with Crippen molar-refractivity contribution >= 4 is 23.4 Å². The molecule has 2 N–H and O–H groups in total. The van der Waals surface area contributed by atoms with Gasteiger partial charge in [-0.25, -0.2) is 14.8 Å². The number of carbonyl (C=O) groups excluding carboxylic acids is 1. The summed E-state index contributed by atoms with van der Waals surface area (Å²) in [5.74, 6) is 0.696. The molecule has 0 radical (unpaired) electrons. The highest BCUT2D eigenvalue weighted by Gasteiger charge is 2.49. The van der Waals surface area contributed by atoms with Gasteiger partial charge >= 0.3 is 6.09 Å². The highest BCUT2D eigenvalue weighted by Crippen LogP contribution is 2.33. The smallest absolute Gasteiger partial charge is 0.412 e. The van der Waals surface area contributed by atoms with Crippen LogP contribution in [0.15, 0.2) is 10.5 Å². The molecule has 1 aliphatic rings. The van der Waals surface area contributed by atoms with E-state index in [-0.39, 0.29) is 18.2 Å². The van der Waals surface area contributed by atoms with E-state index < -0.39 is 11.3 Å². The maximum Gasteiger partial charge on any atom is 0.412 e. The zero-order valence-corrected chi connectivity index (χ0v) is 19.6. The molecule has 0 aliphatic carbocycles. The molecular formula is C20H35N5O3S. The van der Waals surface area contributed by atoms with Crippen LogP contribution in [0, 0.1) is 6.92 Å². The van der Waals surface area contributed by atoms with Crippen molar-refractivity contribution in [3.8, 4) is 0 Å². The molecule has 0 saturated carbocycles. The molecule has 2 atom stereocenters. The van der Waals surface area contributed by atoms with Gasteiger partial charge in [0.15, 0.2) is 5.96 Å². The van der Waals surface area contributed by atoms with Crippen LogP contribution in [0.4, 0.5) is 4.79 Å². The Bertz CT molecular complexity index is 726. The predicted molar refractivity (Wildman–Crippen MR) is 116 cm³/mol. The standard InChI is InChI=1S/C20H35N5O3S/c1-9-21-17(23-11-16-13(2)24-12-29-16)22-10-15-14(3)27-20(7,8)25(15)18(26)28-19(4,5)6/h12,14-15H,9-11H2,1-8H3,(H2,21,22,23). The molecule has 0 spiro atoms. The number of hydrogen-bond acceptors (Lipinski definition) is 6. The third-order valence-corrected chi connectivity index (χ3v) is 5.49. The minimum atomic E-state index is -0.747. The molecule has 2 unspecified atom stereocenters. The van der Waals surface area contributed by atoms with E-state index in [1.165, 1.54) is 0 Å². The lowest BCUT2D eigenvalue weighted by Gasteiger charge is -2.35. The molecule has 1 aliphatic heterocycles. The van der Waals surface area contributed by atoms with Gasteiger partial charge < -0.3 is 20.1 Å². The fourth-order valence-corrected chi connectivity index (χ4v) is 4.00. The van der Waals surface area contributed by atoms with Crippen molar-refractivity contribution in [3.63, 3.8) is 0 Å². The van der Waals surface area contributed by atoms with Gasteiger partial charge in [-0.05, 0) is 55.4 Å². The number of aromatic nitrogens is 1. The first kappa shape index (κ1) is 23.4. The van der Waals surface area contributed by atoms with Crippen molar-refractivity contribution in [1.29, 1.82) is 0 Å². The monoisotopic (exact) mass is 425 g/mol. The lowest BCUT2D eigenvalue weighted by Crippen LogP contribution is -2.54. The van der Waals surface area contributed by atoms with Crippen molar-refractivity contribution in [3.05, 3.63) is 16.1 Å². The largest absolute Gasteiger partial charge is 0.444 e. The van der Waals surface area contributed by atoms with E-state index in [9.17, 15) is 4.79 Å². The quantitative estimate of drug-likeness (QED) is 0.556. The Morgan fingerprint density at radius 3 is 2.66 bits per heavy atom. The van der Waals surface area contributed by atoms with Crippen LogP contribution in [0.2, 0.25) is 0 Å². The predicted octanol–water partition coefficient (Wildman–Crippen LogP) is 3.27. The number of guanidine groups is 1. The van der Waals surface area contributed by atoms with Crippen LogP contribution in [0.3, 0.4) is 0 Å². The first-order valence-electron chi connectivity index (χ1n) is 10.1. The second-order valence-corrected chi connectivity index (χ2v) is 9.56. The van der Waals surface area contributed by atoms with E-state index >= 15 is 0 Å². The van der Waals surface area contributed by atoms with E-state index in [1.54, 1.807) is 16.2 Å². The molecule has 1 aromatic heterocycles. The van der Waals surface area contributed by atoms with E-state index in [0.29, 0.717) is 19.0 Å². The maximum absolute atomic E-state index is 12.9. The van der Waals surface area contributed by atoms with E-state index in [1.807, 2.05) is 60.9 Å². The Hall–Kier alpha value is -1.87. The van der Waals surface area contributed by atoms with Crippen molar-refractivity contribution in [2.45, 2.75) is 85.4 Å². The summed E-state index contributed by atoms with van der Waals surface area (Å²) in [4.78, 5) is 24.6. The Balaban J connectivity index is 2.11. The molecule has 1 saturated heterocycles. The zero-order valence-electron chi connectivity index (χ0n) is 18.8. The summed E-state index contributed by atoms with van der Waals surface area (Å²) in [7, 11) is 0. The van der Waals surface area contributed by atoms with E-state index in [2.05, 4.69) is 20.6 Å². The van der Waals surface area contributed by atoms with Crippen LogP contribution in [0.1, 0.15) is 59.0 Å². The third-order valence-electron chi connectivity index (χ3n) is 4.57. The molecule has 9 heteroatoms. The number of thiazole rings is 1. The molecule has 2 heterocycles. The number of amides is 1. The SMILES string of the molecule is CCNC(=NCc1scnc1C)NCC1C(C)OC(C)(C)N1C(=O)OC(C)(C)C. The fourth-order valence-electron chi connectivity index (χ4n) is 3.29. The lowest BCUT2D eigenvalue weighted by molar-refractivity contribution is -0.0755. The van der Waals surface area contributed by atoms with E-state index in [4.69, 9.17) is 9.47 Å². The molecular weight excluding hydrogens is 390 g/mol. The average molecular weight is 426 g/mol. The number of rotatable bonds is 5. The summed E-state index contributed by atoms with van der Waals surface area (Å²) < 4.78 is 11.7. The summed E-state index contributed by atoms with van der Waals surface area (Å²) >= 11 is 1.60. The first-order valence-corrected chi connectivity index (χ1v) is 10.9. The summed E-state index contributed by atoms with van der Waals surface area (Å²) in [6.07, 6.45) is -0.516. The second kappa shape index (κ2) is 9.30. The number of aliphatic imine (C=N–C) groups is 1. The molecule has 8 nitrogen and oxygen atoms in total. The molecule has 2 rings (SSSR count). The number of carbonyl (C=O) groups is 1. The van der Waals surface area contributed by atoms with Gasteiger partial charge in [-0.1, -0.05) is 0 Å². The summed E-state index contributed by atoms with van der Waals surface area (Å²) in [5.41, 5.74) is 1.52. The van der Waals surface area contributed by atoms with Crippen molar-refractivity contribution in [2.24, 2.45) is 4.99 Å². The summed E-state index contributed by atoms with van der Waals surface area (Å²) in [6.45, 7) is 17.1. The number of aryl methyl sites for hydroxylation is 1. The number of ether oxygens (including phenoxy) is 2. The van der Waals surface area contributed by atoms with Gasteiger partial charge in [0, 0.05) is 18.0 Å². The molecule has 164 valence electrons. The molecule has 29 heavy (non-hydrogen) atoms. The van der Waals surface area contributed by atoms with E-state index in [0.717, 1.165) is 17.1 Å². The molecule has 1 fully saturated rings.